The molecule has 0 spiro atoms. The van der Waals surface area contributed by atoms with Crippen LogP contribution in [0.25, 0.3) is 10.8 Å². The lowest BCUT2D eigenvalue weighted by Gasteiger charge is -2.30. The summed E-state index contributed by atoms with van der Waals surface area (Å²) in [7, 11) is 0. The average molecular weight is 407 g/mol. The molecule has 1 heterocycles. The van der Waals surface area contributed by atoms with Crippen molar-refractivity contribution >= 4 is 16.7 Å². The van der Waals surface area contributed by atoms with E-state index < -0.39 is 5.97 Å². The first-order chi connectivity index (χ1) is 14.5. The molecule has 2 aliphatic rings. The van der Waals surface area contributed by atoms with Crippen molar-refractivity contribution in [1.29, 1.82) is 5.26 Å². The Morgan fingerprint density at radius 1 is 1.13 bits per heavy atom. The molecule has 1 aliphatic heterocycles. The molecule has 4 rings (SSSR count). The van der Waals surface area contributed by atoms with Crippen LogP contribution in [0.5, 0.6) is 5.75 Å². The summed E-state index contributed by atoms with van der Waals surface area (Å²) in [6.45, 7) is 4.66. The predicted octanol–water partition coefficient (Wildman–Crippen LogP) is 4.97. The maximum Gasteiger partial charge on any atom is 0.306 e. The number of aliphatic carboxylic acids is 1. The molecular formula is C25H30N2O3. The van der Waals surface area contributed by atoms with Gasteiger partial charge in [-0.25, -0.2) is 0 Å². The topological polar surface area (TPSA) is 73.6 Å². The number of hydrogen-bond acceptors (Lipinski definition) is 4. The highest BCUT2D eigenvalue weighted by Gasteiger charge is 2.25. The number of nitriles is 1. The summed E-state index contributed by atoms with van der Waals surface area (Å²) >= 11 is 0. The summed E-state index contributed by atoms with van der Waals surface area (Å²) in [6.07, 6.45) is 6.07. The van der Waals surface area contributed by atoms with Crippen molar-refractivity contribution in [3.8, 4) is 11.8 Å². The molecule has 1 saturated carbocycles. The number of hydrogen-bond donors (Lipinski definition) is 1. The maximum atomic E-state index is 11.2. The summed E-state index contributed by atoms with van der Waals surface area (Å²) in [5.74, 6) is 0.563. The van der Waals surface area contributed by atoms with Crippen LogP contribution in [-0.2, 0) is 11.3 Å². The van der Waals surface area contributed by atoms with E-state index in [-0.39, 0.29) is 12.0 Å². The van der Waals surface area contributed by atoms with Gasteiger partial charge in [-0.2, -0.15) is 5.26 Å². The first-order valence-electron chi connectivity index (χ1n) is 11.1. The van der Waals surface area contributed by atoms with Gasteiger partial charge in [0, 0.05) is 11.9 Å². The molecule has 5 heteroatoms. The highest BCUT2D eigenvalue weighted by molar-refractivity contribution is 5.90. The van der Waals surface area contributed by atoms with E-state index in [1.54, 1.807) is 0 Å². The molecule has 5 nitrogen and oxygen atoms in total. The lowest BCUT2D eigenvalue weighted by Crippen LogP contribution is -2.35. The summed E-state index contributed by atoms with van der Waals surface area (Å²) in [6, 6.07) is 12.6. The minimum Gasteiger partial charge on any atom is -0.489 e. The van der Waals surface area contributed by atoms with E-state index >= 15 is 0 Å². The largest absolute Gasteiger partial charge is 0.489 e. The zero-order valence-electron chi connectivity index (χ0n) is 17.6. The Balaban J connectivity index is 1.51. The second-order valence-corrected chi connectivity index (χ2v) is 8.99. The average Bonchev–Trinajstić information content (AvgIpc) is 2.75. The zero-order chi connectivity index (χ0) is 21.1. The van der Waals surface area contributed by atoms with Crippen LogP contribution < -0.4 is 4.74 Å². The Hall–Kier alpha value is -2.58. The third-order valence-corrected chi connectivity index (χ3v) is 6.76. The number of likely N-dealkylation sites (tertiary alicyclic amines) is 1. The van der Waals surface area contributed by atoms with Crippen molar-refractivity contribution in [2.75, 3.05) is 13.1 Å². The van der Waals surface area contributed by atoms with Crippen LogP contribution in [0.2, 0.25) is 0 Å². The summed E-state index contributed by atoms with van der Waals surface area (Å²) in [4.78, 5) is 13.5. The Kier molecular flexibility index (Phi) is 6.24. The third kappa shape index (κ3) is 4.60. The number of carboxylic acids is 1. The molecular weight excluding hydrogens is 376 g/mol. The second kappa shape index (κ2) is 9.06. The molecule has 1 aliphatic carbocycles. The Bertz CT molecular complexity index is 949. The number of benzene rings is 2. The fraction of sp³-hybridized carbons (Fsp3) is 0.520. The van der Waals surface area contributed by atoms with Gasteiger partial charge in [-0.1, -0.05) is 25.1 Å². The summed E-state index contributed by atoms with van der Waals surface area (Å²) in [5.41, 5.74) is 1.77. The lowest BCUT2D eigenvalue weighted by atomic mass is 9.89. The van der Waals surface area contributed by atoms with Crippen LogP contribution >= 0.6 is 0 Å². The number of piperidine rings is 1. The molecule has 1 saturated heterocycles. The van der Waals surface area contributed by atoms with Gasteiger partial charge in [-0.15, -0.1) is 0 Å². The molecule has 0 bridgehead atoms. The maximum absolute atomic E-state index is 11.2. The number of carbonyl (C=O) groups is 1. The number of fused-ring (bicyclic) bond motifs is 1. The van der Waals surface area contributed by atoms with Crippen molar-refractivity contribution in [3.63, 3.8) is 0 Å². The van der Waals surface area contributed by atoms with Crippen LogP contribution in [0.1, 0.15) is 56.6 Å². The molecule has 0 unspecified atom stereocenters. The fourth-order valence-corrected chi connectivity index (χ4v) is 4.78. The quantitative estimate of drug-likeness (QED) is 0.759. The molecule has 158 valence electrons. The molecule has 0 radical (unpaired) electrons. The summed E-state index contributed by atoms with van der Waals surface area (Å²) < 4.78 is 6.27. The predicted molar refractivity (Wildman–Crippen MR) is 116 cm³/mol. The van der Waals surface area contributed by atoms with Gasteiger partial charge >= 0.3 is 5.97 Å². The van der Waals surface area contributed by atoms with Crippen molar-refractivity contribution in [2.45, 2.75) is 58.1 Å². The van der Waals surface area contributed by atoms with Crippen molar-refractivity contribution in [2.24, 2.45) is 11.8 Å². The minimum absolute atomic E-state index is 0.199. The monoisotopic (exact) mass is 406 g/mol. The van der Waals surface area contributed by atoms with Crippen molar-refractivity contribution < 1.29 is 14.6 Å². The van der Waals surface area contributed by atoms with E-state index in [9.17, 15) is 15.2 Å². The molecule has 0 amide bonds. The number of ether oxygens (including phenoxy) is 1. The molecule has 0 aromatic heterocycles. The molecule has 0 atom stereocenters. The SMILES string of the molecule is CC1CCC(Oc2ccc3ccc(CN4CCC(C(=O)O)CC4)cc3c2C#N)CC1. The number of nitrogens with zero attached hydrogens (tertiary/aromatic N) is 2. The van der Waals surface area contributed by atoms with Crippen LogP contribution in [-0.4, -0.2) is 35.2 Å². The Morgan fingerprint density at radius 3 is 2.50 bits per heavy atom. The number of carboxylic acid groups (broad SMARTS) is 1. The van der Waals surface area contributed by atoms with Gasteiger partial charge in [0.15, 0.2) is 0 Å². The van der Waals surface area contributed by atoms with Crippen LogP contribution in [0, 0.1) is 23.2 Å². The Labute approximate surface area is 178 Å². The van der Waals surface area contributed by atoms with Crippen LogP contribution in [0.3, 0.4) is 0 Å². The van der Waals surface area contributed by atoms with Gasteiger partial charge in [0.1, 0.15) is 17.4 Å². The first-order valence-corrected chi connectivity index (χ1v) is 11.1. The molecule has 2 aromatic rings. The van der Waals surface area contributed by atoms with E-state index in [1.807, 2.05) is 12.1 Å². The van der Waals surface area contributed by atoms with Gasteiger partial charge in [0.05, 0.1) is 12.0 Å². The first kappa shape index (κ1) is 20.7. The molecule has 2 aromatic carbocycles. The zero-order valence-corrected chi connectivity index (χ0v) is 17.6. The fourth-order valence-electron chi connectivity index (χ4n) is 4.78. The van der Waals surface area contributed by atoms with E-state index in [2.05, 4.69) is 36.1 Å². The van der Waals surface area contributed by atoms with Gasteiger partial charge in [0.25, 0.3) is 0 Å². The third-order valence-electron chi connectivity index (χ3n) is 6.76. The highest BCUT2D eigenvalue weighted by Crippen LogP contribution is 2.33. The minimum atomic E-state index is -0.682. The lowest BCUT2D eigenvalue weighted by molar-refractivity contribution is -0.143. The summed E-state index contributed by atoms with van der Waals surface area (Å²) in [5, 5.41) is 21.1. The highest BCUT2D eigenvalue weighted by atomic mass is 16.5. The van der Waals surface area contributed by atoms with Gasteiger partial charge in [-0.3, -0.25) is 9.69 Å². The van der Waals surface area contributed by atoms with Crippen LogP contribution in [0.15, 0.2) is 30.3 Å². The Morgan fingerprint density at radius 2 is 1.83 bits per heavy atom. The molecule has 1 N–H and O–H groups in total. The van der Waals surface area contributed by atoms with Gasteiger partial charge in [0.2, 0.25) is 0 Å². The van der Waals surface area contributed by atoms with E-state index in [4.69, 9.17) is 4.74 Å². The van der Waals surface area contributed by atoms with E-state index in [0.29, 0.717) is 24.2 Å². The van der Waals surface area contributed by atoms with E-state index in [0.717, 1.165) is 54.7 Å². The normalized spacial score (nSPS) is 23.2. The number of rotatable bonds is 5. The second-order valence-electron chi connectivity index (χ2n) is 8.99. The molecule has 30 heavy (non-hydrogen) atoms. The van der Waals surface area contributed by atoms with E-state index in [1.165, 1.54) is 12.8 Å². The van der Waals surface area contributed by atoms with Gasteiger partial charge < -0.3 is 9.84 Å². The smallest absolute Gasteiger partial charge is 0.306 e. The standard InChI is InChI=1S/C25H30N2O3/c1-17-2-7-21(8-3-17)30-24-9-6-19-5-4-18(14-22(19)23(24)15-26)16-27-12-10-20(11-13-27)25(28)29/h4-6,9,14,17,20-21H,2-3,7-8,10-13,16H2,1H3,(H,28,29). The van der Waals surface area contributed by atoms with Crippen molar-refractivity contribution in [3.05, 3.63) is 41.5 Å². The van der Waals surface area contributed by atoms with Crippen LogP contribution in [0.4, 0.5) is 0 Å². The van der Waals surface area contributed by atoms with Gasteiger partial charge in [-0.05, 0) is 80.6 Å². The van der Waals surface area contributed by atoms with Crippen molar-refractivity contribution in [1.82, 2.24) is 4.90 Å². The molecule has 2 fully saturated rings.